The lowest BCUT2D eigenvalue weighted by molar-refractivity contribution is -0.200. The third-order valence-electron chi connectivity index (χ3n) is 7.58. The van der Waals surface area contributed by atoms with E-state index in [0.29, 0.717) is 18.6 Å². The second kappa shape index (κ2) is 9.56. The Morgan fingerprint density at radius 3 is 2.65 bits per heavy atom. The minimum Gasteiger partial charge on any atom is -0.325 e. The minimum absolute atomic E-state index is 0.174. The standard InChI is InChI=1S/C26H37N3O2/c1-3-22-18-26(24(30)4-2)19-23(29(22)26)14-17-28(25(31)27-15-10-11-16-27)20-21-12-8-6-5-7-9-13-21/h4-6,9,12-13,22-23H,2-3,7-8,10-11,14-20H2,1H3/b6-5-,13-9-,21-12?. The molecule has 1 aliphatic carbocycles. The number of rotatable bonds is 8. The normalized spacial score (nSPS) is 31.9. The average molecular weight is 424 g/mol. The van der Waals surface area contributed by atoms with Crippen LogP contribution in [0.5, 0.6) is 0 Å². The van der Waals surface area contributed by atoms with E-state index in [1.165, 1.54) is 11.6 Å². The SMILES string of the molecule is C=CC(=O)C12CC(CC)N1C(CCN(CC1=CC/C=C\C/C=C\1)C(=O)N1CCCC1)C2. The maximum Gasteiger partial charge on any atom is 0.320 e. The number of carbonyl (C=O) groups is 2. The first-order chi connectivity index (χ1) is 15.1. The zero-order valence-electron chi connectivity index (χ0n) is 19.0. The van der Waals surface area contributed by atoms with Crippen LogP contribution in [0.25, 0.3) is 0 Å². The van der Waals surface area contributed by atoms with Crippen molar-refractivity contribution < 1.29 is 9.59 Å². The lowest BCUT2D eigenvalue weighted by Gasteiger charge is -2.69. The molecule has 0 aromatic carbocycles. The van der Waals surface area contributed by atoms with Crippen LogP contribution < -0.4 is 0 Å². The summed E-state index contributed by atoms with van der Waals surface area (Å²) in [5.41, 5.74) is 0.936. The van der Waals surface area contributed by atoms with Crippen LogP contribution in [0.15, 0.2) is 48.6 Å². The molecule has 3 fully saturated rings. The molecule has 31 heavy (non-hydrogen) atoms. The van der Waals surface area contributed by atoms with Gasteiger partial charge in [0, 0.05) is 38.3 Å². The first-order valence-electron chi connectivity index (χ1n) is 12.1. The van der Waals surface area contributed by atoms with E-state index in [1.54, 1.807) is 0 Å². The summed E-state index contributed by atoms with van der Waals surface area (Å²) in [4.78, 5) is 32.3. The van der Waals surface area contributed by atoms with E-state index in [4.69, 9.17) is 0 Å². The highest BCUT2D eigenvalue weighted by molar-refractivity contribution is 5.99. The predicted octanol–water partition coefficient (Wildman–Crippen LogP) is 4.48. The molecule has 0 saturated carbocycles. The van der Waals surface area contributed by atoms with Crippen LogP contribution in [0, 0.1) is 0 Å². The number of ketones is 1. The summed E-state index contributed by atoms with van der Waals surface area (Å²) >= 11 is 0. The lowest BCUT2D eigenvalue weighted by atomic mass is 9.61. The van der Waals surface area contributed by atoms with Crippen LogP contribution >= 0.6 is 0 Å². The molecule has 0 aromatic heterocycles. The molecular formula is C26H37N3O2. The fourth-order valence-corrected chi connectivity index (χ4v) is 5.91. The van der Waals surface area contributed by atoms with Crippen LogP contribution in [0.4, 0.5) is 4.79 Å². The van der Waals surface area contributed by atoms with Crippen molar-refractivity contribution in [2.45, 2.75) is 75.9 Å². The molecule has 168 valence electrons. The van der Waals surface area contributed by atoms with Gasteiger partial charge in [-0.3, -0.25) is 9.69 Å². The molecule has 3 atom stereocenters. The van der Waals surface area contributed by atoms with Gasteiger partial charge < -0.3 is 9.80 Å². The quantitative estimate of drug-likeness (QED) is 0.427. The summed E-state index contributed by atoms with van der Waals surface area (Å²) in [7, 11) is 0. The van der Waals surface area contributed by atoms with Crippen molar-refractivity contribution >= 4 is 11.8 Å². The number of allylic oxidation sites excluding steroid dienone is 4. The number of hydrogen-bond acceptors (Lipinski definition) is 3. The topological polar surface area (TPSA) is 43.9 Å². The third kappa shape index (κ3) is 4.30. The number of amides is 2. The first kappa shape index (κ1) is 22.1. The van der Waals surface area contributed by atoms with Gasteiger partial charge in [0.05, 0.1) is 5.54 Å². The molecule has 0 aromatic rings. The Balaban J connectivity index is 1.42. The maximum atomic E-state index is 13.3. The molecule has 3 unspecified atom stereocenters. The van der Waals surface area contributed by atoms with Gasteiger partial charge in [0.25, 0.3) is 0 Å². The van der Waals surface area contributed by atoms with Crippen molar-refractivity contribution in [3.8, 4) is 0 Å². The van der Waals surface area contributed by atoms with E-state index >= 15 is 0 Å². The molecule has 5 nitrogen and oxygen atoms in total. The summed E-state index contributed by atoms with van der Waals surface area (Å²) in [5, 5.41) is 0. The van der Waals surface area contributed by atoms with Crippen molar-refractivity contribution in [1.82, 2.24) is 14.7 Å². The smallest absolute Gasteiger partial charge is 0.320 e. The van der Waals surface area contributed by atoms with Crippen molar-refractivity contribution in [2.75, 3.05) is 26.2 Å². The zero-order chi connectivity index (χ0) is 21.8. The molecular weight excluding hydrogens is 386 g/mol. The van der Waals surface area contributed by atoms with Gasteiger partial charge in [-0.15, -0.1) is 0 Å². The molecule has 3 heterocycles. The van der Waals surface area contributed by atoms with Crippen LogP contribution in [-0.4, -0.2) is 70.3 Å². The molecule has 0 N–H and O–H groups in total. The van der Waals surface area contributed by atoms with Crippen LogP contribution in [0.2, 0.25) is 0 Å². The van der Waals surface area contributed by atoms with Crippen LogP contribution in [0.1, 0.15) is 58.3 Å². The Kier molecular flexibility index (Phi) is 6.80. The summed E-state index contributed by atoms with van der Waals surface area (Å²) < 4.78 is 0. The number of fused-ring (bicyclic) bond motifs is 1. The van der Waals surface area contributed by atoms with E-state index in [9.17, 15) is 9.59 Å². The van der Waals surface area contributed by atoms with Gasteiger partial charge in [0.2, 0.25) is 0 Å². The van der Waals surface area contributed by atoms with Crippen LogP contribution in [0.3, 0.4) is 0 Å². The van der Waals surface area contributed by atoms with E-state index in [2.05, 4.69) is 48.8 Å². The molecule has 4 aliphatic rings. The molecule has 0 bridgehead atoms. The van der Waals surface area contributed by atoms with Crippen molar-refractivity contribution in [3.63, 3.8) is 0 Å². The zero-order valence-corrected chi connectivity index (χ0v) is 19.0. The average Bonchev–Trinajstić information content (AvgIpc) is 3.28. The predicted molar refractivity (Wildman–Crippen MR) is 125 cm³/mol. The number of likely N-dealkylation sites (tertiary alicyclic amines) is 1. The van der Waals surface area contributed by atoms with Gasteiger partial charge in [-0.25, -0.2) is 4.79 Å². The van der Waals surface area contributed by atoms with Crippen molar-refractivity contribution in [2.24, 2.45) is 0 Å². The summed E-state index contributed by atoms with van der Waals surface area (Å²) in [6.45, 7) is 9.08. The highest BCUT2D eigenvalue weighted by atomic mass is 16.2. The fraction of sp³-hybridized carbons (Fsp3) is 0.615. The Morgan fingerprint density at radius 2 is 1.90 bits per heavy atom. The Morgan fingerprint density at radius 1 is 1.16 bits per heavy atom. The molecule has 4 rings (SSSR count). The second-order valence-electron chi connectivity index (χ2n) is 9.44. The maximum absolute atomic E-state index is 13.3. The lowest BCUT2D eigenvalue weighted by Crippen LogP contribution is -2.81. The summed E-state index contributed by atoms with van der Waals surface area (Å²) in [6.07, 6.45) is 20.4. The molecule has 0 spiro atoms. The summed E-state index contributed by atoms with van der Waals surface area (Å²) in [6, 6.07) is 1.06. The van der Waals surface area contributed by atoms with Gasteiger partial charge >= 0.3 is 6.03 Å². The van der Waals surface area contributed by atoms with Gasteiger partial charge in [-0.2, -0.15) is 0 Å². The van der Waals surface area contributed by atoms with E-state index in [0.717, 1.165) is 71.0 Å². The number of hydrogen-bond donors (Lipinski definition) is 0. The Bertz CT molecular complexity index is 792. The second-order valence-corrected chi connectivity index (χ2v) is 9.44. The fourth-order valence-electron chi connectivity index (χ4n) is 5.91. The Labute approximate surface area is 187 Å². The highest BCUT2D eigenvalue weighted by Gasteiger charge is 2.65. The number of nitrogens with zero attached hydrogens (tertiary/aromatic N) is 3. The van der Waals surface area contributed by atoms with Crippen molar-refractivity contribution in [3.05, 3.63) is 48.6 Å². The largest absolute Gasteiger partial charge is 0.325 e. The van der Waals surface area contributed by atoms with E-state index < -0.39 is 0 Å². The van der Waals surface area contributed by atoms with Gasteiger partial charge in [-0.1, -0.05) is 43.9 Å². The van der Waals surface area contributed by atoms with Gasteiger partial charge in [0.15, 0.2) is 5.78 Å². The number of piperidine rings is 1. The highest BCUT2D eigenvalue weighted by Crippen LogP contribution is 2.54. The molecule has 2 amide bonds. The molecule has 5 heteroatoms. The number of carbonyl (C=O) groups excluding carboxylic acids is 2. The monoisotopic (exact) mass is 423 g/mol. The third-order valence-corrected chi connectivity index (χ3v) is 7.58. The Hall–Kier alpha value is -2.14. The van der Waals surface area contributed by atoms with Gasteiger partial charge in [0.1, 0.15) is 0 Å². The van der Waals surface area contributed by atoms with Crippen molar-refractivity contribution in [1.29, 1.82) is 0 Å². The van der Waals surface area contributed by atoms with E-state index in [1.807, 2.05) is 9.80 Å². The molecule has 3 aliphatic heterocycles. The van der Waals surface area contributed by atoms with E-state index in [-0.39, 0.29) is 17.4 Å². The molecule has 3 saturated heterocycles. The number of urea groups is 1. The first-order valence-corrected chi connectivity index (χ1v) is 12.1. The van der Waals surface area contributed by atoms with Gasteiger partial charge in [-0.05, 0) is 63.0 Å². The summed E-state index contributed by atoms with van der Waals surface area (Å²) in [5.74, 6) is 0.177. The minimum atomic E-state index is -0.284. The van der Waals surface area contributed by atoms with Crippen LogP contribution in [-0.2, 0) is 4.79 Å². The molecule has 0 radical (unpaired) electrons.